The van der Waals surface area contributed by atoms with Gasteiger partial charge < -0.3 is 20.3 Å². The largest absolute Gasteiger partial charge is 0.489 e. The molecule has 0 spiro atoms. The molecule has 0 aromatic heterocycles. The molecule has 114 valence electrons. The van der Waals surface area contributed by atoms with E-state index in [0.29, 0.717) is 17.3 Å². The molecule has 0 saturated heterocycles. The van der Waals surface area contributed by atoms with E-state index in [1.807, 2.05) is 12.1 Å². The maximum atomic E-state index is 9.78. The van der Waals surface area contributed by atoms with Gasteiger partial charge in [0.25, 0.3) is 0 Å². The predicted molar refractivity (Wildman–Crippen MR) is 81.4 cm³/mol. The summed E-state index contributed by atoms with van der Waals surface area (Å²) in [6.07, 6.45) is 3.52. The lowest BCUT2D eigenvalue weighted by molar-refractivity contribution is 0.106. The van der Waals surface area contributed by atoms with E-state index >= 15 is 0 Å². The van der Waals surface area contributed by atoms with Gasteiger partial charge in [0.15, 0.2) is 0 Å². The third-order valence-corrected chi connectivity index (χ3v) is 3.22. The maximum Gasteiger partial charge on any atom is 0.138 e. The molecule has 0 bridgehead atoms. The van der Waals surface area contributed by atoms with Gasteiger partial charge >= 0.3 is 0 Å². The van der Waals surface area contributed by atoms with Crippen molar-refractivity contribution in [3.8, 4) is 5.75 Å². The van der Waals surface area contributed by atoms with E-state index in [1.165, 1.54) is 0 Å². The fraction of sp³-hybridized carbons (Fsp3) is 0.600. The number of hydrogen-bond acceptors (Lipinski definition) is 4. The van der Waals surface area contributed by atoms with Crippen LogP contribution in [0.1, 0.15) is 25.7 Å². The Kier molecular flexibility index (Phi) is 9.41. The first-order chi connectivity index (χ1) is 9.74. The topological polar surface area (TPSA) is 61.7 Å². The van der Waals surface area contributed by atoms with Gasteiger partial charge in [-0.05, 0) is 31.5 Å². The molecule has 0 aliphatic heterocycles. The SMILES string of the molecule is OCCCCCCNCC(O)COc1ccccc1Cl. The lowest BCUT2D eigenvalue weighted by Gasteiger charge is -2.14. The van der Waals surface area contributed by atoms with E-state index in [2.05, 4.69) is 5.32 Å². The molecule has 20 heavy (non-hydrogen) atoms. The van der Waals surface area contributed by atoms with Gasteiger partial charge in [0.05, 0.1) is 5.02 Å². The Hall–Kier alpha value is -0.810. The molecule has 1 aromatic rings. The average Bonchev–Trinajstić information content (AvgIpc) is 2.45. The second kappa shape index (κ2) is 10.9. The molecule has 0 heterocycles. The number of ether oxygens (including phenoxy) is 1. The standard InChI is InChI=1S/C15H24ClNO3/c16-14-7-3-4-8-15(14)20-12-13(19)11-17-9-5-1-2-6-10-18/h3-4,7-8,13,17-19H,1-2,5-6,9-12H2. The summed E-state index contributed by atoms with van der Waals surface area (Å²) in [5, 5.41) is 22.2. The number of aliphatic hydroxyl groups excluding tert-OH is 2. The Morgan fingerprint density at radius 1 is 1.15 bits per heavy atom. The van der Waals surface area contributed by atoms with Crippen LogP contribution in [0.5, 0.6) is 5.75 Å². The zero-order valence-electron chi connectivity index (χ0n) is 11.7. The first-order valence-corrected chi connectivity index (χ1v) is 7.49. The second-order valence-electron chi connectivity index (χ2n) is 4.74. The van der Waals surface area contributed by atoms with Crippen LogP contribution in [0.4, 0.5) is 0 Å². The van der Waals surface area contributed by atoms with E-state index in [-0.39, 0.29) is 13.2 Å². The molecule has 0 saturated carbocycles. The molecule has 1 atom stereocenters. The van der Waals surface area contributed by atoms with Crippen LogP contribution in [-0.2, 0) is 0 Å². The monoisotopic (exact) mass is 301 g/mol. The smallest absolute Gasteiger partial charge is 0.138 e. The van der Waals surface area contributed by atoms with Crippen molar-refractivity contribution in [3.05, 3.63) is 29.3 Å². The van der Waals surface area contributed by atoms with Crippen LogP contribution in [0.2, 0.25) is 5.02 Å². The zero-order valence-corrected chi connectivity index (χ0v) is 12.5. The van der Waals surface area contributed by atoms with E-state index in [4.69, 9.17) is 21.4 Å². The Morgan fingerprint density at radius 3 is 2.65 bits per heavy atom. The molecule has 0 aliphatic rings. The summed E-state index contributed by atoms with van der Waals surface area (Å²) in [5.41, 5.74) is 0. The molecule has 1 aromatic carbocycles. The maximum absolute atomic E-state index is 9.78. The van der Waals surface area contributed by atoms with Gasteiger partial charge in [-0.1, -0.05) is 36.6 Å². The first kappa shape index (κ1) is 17.2. The molecule has 3 N–H and O–H groups in total. The zero-order chi connectivity index (χ0) is 14.6. The van der Waals surface area contributed by atoms with Crippen LogP contribution in [-0.4, -0.2) is 42.6 Å². The number of nitrogens with one attached hydrogen (secondary N) is 1. The lowest BCUT2D eigenvalue weighted by atomic mass is 10.2. The van der Waals surface area contributed by atoms with Crippen LogP contribution in [0.15, 0.2) is 24.3 Å². The van der Waals surface area contributed by atoms with Crippen molar-refractivity contribution >= 4 is 11.6 Å². The number of unbranched alkanes of at least 4 members (excludes halogenated alkanes) is 3. The highest BCUT2D eigenvalue weighted by Gasteiger charge is 2.06. The Labute approximate surface area is 125 Å². The summed E-state index contributed by atoms with van der Waals surface area (Å²) in [6.45, 7) is 1.87. The Morgan fingerprint density at radius 2 is 1.90 bits per heavy atom. The van der Waals surface area contributed by atoms with Crippen molar-refractivity contribution in [1.82, 2.24) is 5.32 Å². The van der Waals surface area contributed by atoms with Crippen LogP contribution >= 0.6 is 11.6 Å². The minimum absolute atomic E-state index is 0.223. The van der Waals surface area contributed by atoms with E-state index in [1.54, 1.807) is 12.1 Å². The molecule has 5 heteroatoms. The average molecular weight is 302 g/mol. The highest BCUT2D eigenvalue weighted by Crippen LogP contribution is 2.22. The van der Waals surface area contributed by atoms with Crippen LogP contribution in [0.3, 0.4) is 0 Å². The van der Waals surface area contributed by atoms with Gasteiger partial charge in [-0.15, -0.1) is 0 Å². The lowest BCUT2D eigenvalue weighted by Crippen LogP contribution is -2.32. The minimum Gasteiger partial charge on any atom is -0.489 e. The van der Waals surface area contributed by atoms with Gasteiger partial charge in [-0.25, -0.2) is 0 Å². The van der Waals surface area contributed by atoms with E-state index in [0.717, 1.165) is 32.2 Å². The third kappa shape index (κ3) is 7.70. The van der Waals surface area contributed by atoms with Crippen molar-refractivity contribution in [2.45, 2.75) is 31.8 Å². The molecule has 4 nitrogen and oxygen atoms in total. The van der Waals surface area contributed by atoms with Gasteiger partial charge in [-0.2, -0.15) is 0 Å². The Bertz CT molecular complexity index is 363. The molecule has 1 rings (SSSR count). The Balaban J connectivity index is 2.03. The molecule has 0 radical (unpaired) electrons. The summed E-state index contributed by atoms with van der Waals surface area (Å²) in [7, 11) is 0. The first-order valence-electron chi connectivity index (χ1n) is 7.11. The normalized spacial score (nSPS) is 12.3. The highest BCUT2D eigenvalue weighted by atomic mass is 35.5. The minimum atomic E-state index is -0.552. The van der Waals surface area contributed by atoms with Crippen molar-refractivity contribution < 1.29 is 14.9 Å². The summed E-state index contributed by atoms with van der Waals surface area (Å²) < 4.78 is 5.46. The van der Waals surface area contributed by atoms with Crippen molar-refractivity contribution in [1.29, 1.82) is 0 Å². The third-order valence-electron chi connectivity index (χ3n) is 2.91. The van der Waals surface area contributed by atoms with Gasteiger partial charge in [0.2, 0.25) is 0 Å². The molecule has 0 amide bonds. The fourth-order valence-electron chi connectivity index (χ4n) is 1.79. The van der Waals surface area contributed by atoms with Gasteiger partial charge in [0, 0.05) is 13.2 Å². The summed E-state index contributed by atoms with van der Waals surface area (Å²) in [5.74, 6) is 0.595. The van der Waals surface area contributed by atoms with Gasteiger partial charge in [0.1, 0.15) is 18.5 Å². The molecular formula is C15H24ClNO3. The van der Waals surface area contributed by atoms with Gasteiger partial charge in [-0.3, -0.25) is 0 Å². The fourth-order valence-corrected chi connectivity index (χ4v) is 1.98. The van der Waals surface area contributed by atoms with Crippen LogP contribution in [0, 0.1) is 0 Å². The van der Waals surface area contributed by atoms with Crippen molar-refractivity contribution in [2.75, 3.05) is 26.3 Å². The number of aliphatic hydroxyl groups is 2. The quantitative estimate of drug-likeness (QED) is 0.549. The summed E-state index contributed by atoms with van der Waals surface area (Å²) >= 11 is 5.95. The number of para-hydroxylation sites is 1. The highest BCUT2D eigenvalue weighted by molar-refractivity contribution is 6.32. The number of rotatable bonds is 11. The van der Waals surface area contributed by atoms with E-state index in [9.17, 15) is 5.11 Å². The number of halogens is 1. The van der Waals surface area contributed by atoms with E-state index < -0.39 is 6.10 Å². The predicted octanol–water partition coefficient (Wildman–Crippen LogP) is 2.22. The van der Waals surface area contributed by atoms with Crippen LogP contribution < -0.4 is 10.1 Å². The van der Waals surface area contributed by atoms with Crippen molar-refractivity contribution in [3.63, 3.8) is 0 Å². The van der Waals surface area contributed by atoms with Crippen molar-refractivity contribution in [2.24, 2.45) is 0 Å². The summed E-state index contributed by atoms with van der Waals surface area (Å²) in [4.78, 5) is 0. The number of hydrogen-bond donors (Lipinski definition) is 3. The molecule has 0 aliphatic carbocycles. The molecule has 1 unspecified atom stereocenters. The molecule has 0 fully saturated rings. The molecular weight excluding hydrogens is 278 g/mol. The van der Waals surface area contributed by atoms with Crippen LogP contribution in [0.25, 0.3) is 0 Å². The second-order valence-corrected chi connectivity index (χ2v) is 5.14. The number of benzene rings is 1. The summed E-state index contributed by atoms with van der Waals surface area (Å²) in [6, 6.07) is 7.22.